The molecule has 0 radical (unpaired) electrons. The van der Waals surface area contributed by atoms with Crippen LogP contribution in [0.3, 0.4) is 0 Å². The number of aromatic nitrogens is 1. The summed E-state index contributed by atoms with van der Waals surface area (Å²) in [6.45, 7) is 1.99. The molecule has 1 saturated heterocycles. The highest BCUT2D eigenvalue weighted by atomic mass is 32.1. The van der Waals surface area contributed by atoms with E-state index in [9.17, 15) is 9.18 Å². The van der Waals surface area contributed by atoms with Gasteiger partial charge in [0.2, 0.25) is 5.91 Å². The number of carbonyl (C=O) groups excluding carboxylic acids is 1. The van der Waals surface area contributed by atoms with E-state index in [2.05, 4.69) is 15.2 Å². The Balaban J connectivity index is 1.32. The zero-order valence-corrected chi connectivity index (χ0v) is 16.5. The van der Waals surface area contributed by atoms with Crippen LogP contribution in [0.15, 0.2) is 42.5 Å². The minimum Gasteiger partial charge on any atom is -0.497 e. The van der Waals surface area contributed by atoms with Crippen LogP contribution in [-0.2, 0) is 11.3 Å². The van der Waals surface area contributed by atoms with Crippen LogP contribution >= 0.6 is 11.3 Å². The van der Waals surface area contributed by atoms with Crippen LogP contribution in [0.5, 0.6) is 5.75 Å². The zero-order valence-electron chi connectivity index (χ0n) is 15.7. The molecule has 1 fully saturated rings. The number of hydrogen-bond acceptors (Lipinski definition) is 5. The molecular weight excluding hydrogens is 377 g/mol. The van der Waals surface area contributed by atoms with Gasteiger partial charge in [-0.3, -0.25) is 4.79 Å². The van der Waals surface area contributed by atoms with E-state index in [1.54, 1.807) is 13.2 Å². The molecule has 146 valence electrons. The van der Waals surface area contributed by atoms with Gasteiger partial charge in [-0.05, 0) is 42.7 Å². The molecule has 1 amide bonds. The molecule has 0 saturated carbocycles. The predicted molar refractivity (Wildman–Crippen MR) is 109 cm³/mol. The van der Waals surface area contributed by atoms with Crippen LogP contribution in [0.1, 0.15) is 18.4 Å². The Morgan fingerprint density at radius 3 is 2.82 bits per heavy atom. The number of carbonyl (C=O) groups is 1. The molecule has 1 aliphatic rings. The van der Waals surface area contributed by atoms with Crippen molar-refractivity contribution in [3.63, 3.8) is 0 Å². The standard InChI is InChI=1S/C21H22FN3O2S/c1-27-16-5-2-4-14(12-16)13-23-20(26)15-8-10-25(11-9-15)21-24-19-17(22)6-3-7-18(19)28-21/h2-7,12,15H,8-11,13H2,1H3,(H,23,26). The highest BCUT2D eigenvalue weighted by Gasteiger charge is 2.26. The van der Waals surface area contributed by atoms with E-state index in [0.717, 1.165) is 47.1 Å². The van der Waals surface area contributed by atoms with E-state index in [0.29, 0.717) is 12.1 Å². The maximum absolute atomic E-state index is 13.9. The van der Waals surface area contributed by atoms with Crippen molar-refractivity contribution in [2.24, 2.45) is 5.92 Å². The number of fused-ring (bicyclic) bond motifs is 1. The molecule has 1 aliphatic heterocycles. The first-order valence-corrected chi connectivity index (χ1v) is 10.2. The number of anilines is 1. The molecular formula is C21H22FN3O2S. The summed E-state index contributed by atoms with van der Waals surface area (Å²) in [5.41, 5.74) is 1.45. The van der Waals surface area contributed by atoms with Gasteiger partial charge in [-0.15, -0.1) is 0 Å². The van der Waals surface area contributed by atoms with E-state index in [-0.39, 0.29) is 17.6 Å². The Morgan fingerprint density at radius 2 is 2.07 bits per heavy atom. The zero-order chi connectivity index (χ0) is 19.5. The molecule has 2 aromatic carbocycles. The highest BCUT2D eigenvalue weighted by molar-refractivity contribution is 7.22. The Bertz CT molecular complexity index is 983. The van der Waals surface area contributed by atoms with Crippen LogP contribution in [0, 0.1) is 11.7 Å². The highest BCUT2D eigenvalue weighted by Crippen LogP contribution is 2.32. The van der Waals surface area contributed by atoms with Gasteiger partial charge in [0, 0.05) is 25.6 Å². The summed E-state index contributed by atoms with van der Waals surface area (Å²) in [5.74, 6) is 0.574. The number of amides is 1. The number of methoxy groups -OCH3 is 1. The summed E-state index contributed by atoms with van der Waals surface area (Å²) in [6, 6.07) is 12.7. The lowest BCUT2D eigenvalue weighted by Crippen LogP contribution is -2.40. The first kappa shape index (κ1) is 18.7. The molecule has 3 aromatic rings. The van der Waals surface area contributed by atoms with Crippen molar-refractivity contribution >= 4 is 32.6 Å². The van der Waals surface area contributed by atoms with Gasteiger partial charge in [0.25, 0.3) is 0 Å². The Morgan fingerprint density at radius 1 is 1.29 bits per heavy atom. The third kappa shape index (κ3) is 3.94. The Hall–Kier alpha value is -2.67. The average Bonchev–Trinajstić information content (AvgIpc) is 3.18. The molecule has 1 aromatic heterocycles. The van der Waals surface area contributed by atoms with Gasteiger partial charge in [-0.1, -0.05) is 29.5 Å². The van der Waals surface area contributed by atoms with Gasteiger partial charge in [0.1, 0.15) is 17.1 Å². The van der Waals surface area contributed by atoms with Crippen molar-refractivity contribution in [1.29, 1.82) is 0 Å². The average molecular weight is 399 g/mol. The number of nitrogens with one attached hydrogen (secondary N) is 1. The third-order valence-electron chi connectivity index (χ3n) is 5.10. The molecule has 4 rings (SSSR count). The van der Waals surface area contributed by atoms with E-state index in [1.165, 1.54) is 17.4 Å². The van der Waals surface area contributed by atoms with Crippen LogP contribution in [-0.4, -0.2) is 31.1 Å². The van der Waals surface area contributed by atoms with Gasteiger partial charge >= 0.3 is 0 Å². The van der Waals surface area contributed by atoms with Crippen LogP contribution in [0.2, 0.25) is 0 Å². The number of ether oxygens (including phenoxy) is 1. The lowest BCUT2D eigenvalue weighted by molar-refractivity contribution is -0.125. The fraction of sp³-hybridized carbons (Fsp3) is 0.333. The molecule has 0 spiro atoms. The van der Waals surface area contributed by atoms with Crippen molar-refractivity contribution in [3.8, 4) is 5.75 Å². The smallest absolute Gasteiger partial charge is 0.223 e. The minimum atomic E-state index is -0.285. The molecule has 1 N–H and O–H groups in total. The quantitative estimate of drug-likeness (QED) is 0.705. The van der Waals surface area contributed by atoms with Gasteiger partial charge in [-0.2, -0.15) is 0 Å². The fourth-order valence-corrected chi connectivity index (χ4v) is 4.52. The summed E-state index contributed by atoms with van der Waals surface area (Å²) < 4.78 is 19.9. The normalized spacial score (nSPS) is 15.0. The van der Waals surface area contributed by atoms with E-state index in [1.807, 2.05) is 30.3 Å². The molecule has 2 heterocycles. The minimum absolute atomic E-state index is 0.00651. The maximum atomic E-state index is 13.9. The topological polar surface area (TPSA) is 54.5 Å². The number of hydrogen-bond donors (Lipinski definition) is 1. The third-order valence-corrected chi connectivity index (χ3v) is 6.18. The molecule has 0 aliphatic carbocycles. The Kier molecular flexibility index (Phi) is 5.43. The molecule has 28 heavy (non-hydrogen) atoms. The van der Waals surface area contributed by atoms with Gasteiger partial charge in [0.05, 0.1) is 11.8 Å². The lowest BCUT2D eigenvalue weighted by atomic mass is 9.96. The molecule has 5 nitrogen and oxygen atoms in total. The number of benzene rings is 2. The largest absolute Gasteiger partial charge is 0.497 e. The molecule has 0 bridgehead atoms. The van der Waals surface area contributed by atoms with Crippen LogP contribution < -0.4 is 15.0 Å². The number of nitrogens with zero attached hydrogens (tertiary/aromatic N) is 2. The predicted octanol–water partition coefficient (Wildman–Crippen LogP) is 3.98. The summed E-state index contributed by atoms with van der Waals surface area (Å²) in [4.78, 5) is 19.1. The summed E-state index contributed by atoms with van der Waals surface area (Å²) in [7, 11) is 1.63. The van der Waals surface area contributed by atoms with Crippen molar-refractivity contribution in [2.45, 2.75) is 19.4 Å². The second kappa shape index (κ2) is 8.14. The Labute approximate surface area is 167 Å². The van der Waals surface area contributed by atoms with E-state index >= 15 is 0 Å². The van der Waals surface area contributed by atoms with Crippen molar-refractivity contribution in [1.82, 2.24) is 10.3 Å². The van der Waals surface area contributed by atoms with E-state index < -0.39 is 0 Å². The maximum Gasteiger partial charge on any atom is 0.223 e. The van der Waals surface area contributed by atoms with Gasteiger partial charge < -0.3 is 15.0 Å². The summed E-state index contributed by atoms with van der Waals surface area (Å²) in [5, 5.41) is 3.86. The number of thiazole rings is 1. The fourth-order valence-electron chi connectivity index (χ4n) is 3.49. The molecule has 0 unspecified atom stereocenters. The van der Waals surface area contributed by atoms with Crippen LogP contribution in [0.25, 0.3) is 10.2 Å². The second-order valence-corrected chi connectivity index (χ2v) is 7.92. The first-order valence-electron chi connectivity index (χ1n) is 9.34. The van der Waals surface area contributed by atoms with Crippen LogP contribution in [0.4, 0.5) is 9.52 Å². The first-order chi connectivity index (χ1) is 13.6. The number of piperidine rings is 1. The second-order valence-electron chi connectivity index (χ2n) is 6.91. The number of para-hydroxylation sites is 1. The number of rotatable bonds is 5. The molecule has 0 atom stereocenters. The van der Waals surface area contributed by atoms with Crippen molar-refractivity contribution in [2.75, 3.05) is 25.1 Å². The summed E-state index contributed by atoms with van der Waals surface area (Å²) in [6.07, 6.45) is 1.53. The van der Waals surface area contributed by atoms with Crippen molar-refractivity contribution < 1.29 is 13.9 Å². The number of halogens is 1. The molecule has 7 heteroatoms. The SMILES string of the molecule is COc1cccc(CNC(=O)C2CCN(c3nc4c(F)cccc4s3)CC2)c1. The monoisotopic (exact) mass is 399 g/mol. The van der Waals surface area contributed by atoms with Gasteiger partial charge in [-0.25, -0.2) is 9.37 Å². The van der Waals surface area contributed by atoms with Crippen molar-refractivity contribution in [3.05, 3.63) is 53.8 Å². The summed E-state index contributed by atoms with van der Waals surface area (Å²) >= 11 is 1.50. The lowest BCUT2D eigenvalue weighted by Gasteiger charge is -2.31. The van der Waals surface area contributed by atoms with E-state index in [4.69, 9.17) is 4.74 Å². The van der Waals surface area contributed by atoms with Gasteiger partial charge in [0.15, 0.2) is 5.13 Å².